The number of carbonyl (C=O) groups is 1. The van der Waals surface area contributed by atoms with E-state index in [1.807, 2.05) is 13.0 Å². The molecule has 0 aliphatic carbocycles. The van der Waals surface area contributed by atoms with E-state index in [0.29, 0.717) is 17.8 Å². The van der Waals surface area contributed by atoms with E-state index in [4.69, 9.17) is 10.5 Å². The van der Waals surface area contributed by atoms with Crippen LogP contribution in [0.25, 0.3) is 0 Å². The number of thioether (sulfide) groups is 1. The van der Waals surface area contributed by atoms with Gasteiger partial charge in [-0.05, 0) is 31.5 Å². The van der Waals surface area contributed by atoms with Crippen LogP contribution in [0.4, 0.5) is 5.69 Å². The molecule has 18 heavy (non-hydrogen) atoms. The Morgan fingerprint density at radius 2 is 2.28 bits per heavy atom. The molecule has 0 atom stereocenters. The van der Waals surface area contributed by atoms with Crippen molar-refractivity contribution in [1.29, 1.82) is 0 Å². The summed E-state index contributed by atoms with van der Waals surface area (Å²) in [6.45, 7) is 3.26. The normalized spacial score (nSPS) is 10.3. The molecule has 5 heteroatoms. The monoisotopic (exact) mass is 268 g/mol. The summed E-state index contributed by atoms with van der Waals surface area (Å²) < 4.78 is 4.99. The fourth-order valence-corrected chi connectivity index (χ4v) is 2.34. The molecule has 1 aromatic carbocycles. The lowest BCUT2D eigenvalue weighted by Crippen LogP contribution is -2.22. The van der Waals surface area contributed by atoms with Crippen LogP contribution < -0.4 is 11.1 Å². The molecule has 0 aliphatic rings. The second kappa shape index (κ2) is 8.00. The maximum atomic E-state index is 11.6. The van der Waals surface area contributed by atoms with Gasteiger partial charge >= 0.3 is 0 Å². The van der Waals surface area contributed by atoms with Gasteiger partial charge < -0.3 is 15.8 Å². The number of anilines is 1. The minimum absolute atomic E-state index is 0.0832. The molecule has 0 heterocycles. The highest BCUT2D eigenvalue weighted by Gasteiger charge is 2.07. The first-order valence-electron chi connectivity index (χ1n) is 5.98. The Kier molecular flexibility index (Phi) is 6.60. The standard InChI is InChI=1S/C13H20N2O2S/c1-3-15-13(16)10-5-6-12(11(14)9-10)18-8-4-7-17-2/h5-6,9H,3-4,7-8,14H2,1-2H3,(H,15,16). The molecule has 0 radical (unpaired) electrons. The fourth-order valence-electron chi connectivity index (χ4n) is 1.47. The van der Waals surface area contributed by atoms with E-state index in [0.717, 1.165) is 23.7 Å². The number of amides is 1. The Bertz CT molecular complexity index is 397. The summed E-state index contributed by atoms with van der Waals surface area (Å²) in [6.07, 6.45) is 0.985. The fraction of sp³-hybridized carbons (Fsp3) is 0.462. The lowest BCUT2D eigenvalue weighted by atomic mass is 10.2. The zero-order chi connectivity index (χ0) is 13.4. The summed E-state index contributed by atoms with van der Waals surface area (Å²) in [5, 5.41) is 2.75. The number of carbonyl (C=O) groups excluding carboxylic acids is 1. The van der Waals surface area contributed by atoms with Crippen molar-refractivity contribution in [3.63, 3.8) is 0 Å². The molecule has 100 valence electrons. The smallest absolute Gasteiger partial charge is 0.251 e. The highest BCUT2D eigenvalue weighted by molar-refractivity contribution is 7.99. The number of nitrogen functional groups attached to an aromatic ring is 1. The second-order valence-electron chi connectivity index (χ2n) is 3.81. The van der Waals surface area contributed by atoms with Crippen LogP contribution in [0, 0.1) is 0 Å². The first-order valence-corrected chi connectivity index (χ1v) is 6.97. The Hall–Kier alpha value is -1.20. The topological polar surface area (TPSA) is 64.3 Å². The van der Waals surface area contributed by atoms with Crippen molar-refractivity contribution in [2.75, 3.05) is 31.7 Å². The van der Waals surface area contributed by atoms with E-state index >= 15 is 0 Å². The van der Waals surface area contributed by atoms with Gasteiger partial charge in [-0.25, -0.2) is 0 Å². The summed E-state index contributed by atoms with van der Waals surface area (Å²) in [4.78, 5) is 12.6. The van der Waals surface area contributed by atoms with E-state index < -0.39 is 0 Å². The maximum absolute atomic E-state index is 11.6. The van der Waals surface area contributed by atoms with Crippen molar-refractivity contribution in [3.8, 4) is 0 Å². The predicted octanol–water partition coefficient (Wildman–Crippen LogP) is 2.15. The molecule has 3 N–H and O–H groups in total. The molecular weight excluding hydrogens is 248 g/mol. The Labute approximate surface area is 112 Å². The van der Waals surface area contributed by atoms with Crippen LogP contribution in [-0.4, -0.2) is 31.9 Å². The van der Waals surface area contributed by atoms with Gasteiger partial charge in [0.25, 0.3) is 5.91 Å². The van der Waals surface area contributed by atoms with Crippen LogP contribution in [0.1, 0.15) is 23.7 Å². The molecule has 1 aromatic rings. The molecule has 0 aliphatic heterocycles. The average molecular weight is 268 g/mol. The first-order chi connectivity index (χ1) is 8.69. The highest BCUT2D eigenvalue weighted by Crippen LogP contribution is 2.26. The molecule has 1 amide bonds. The molecule has 0 saturated heterocycles. The minimum atomic E-state index is -0.0832. The molecule has 0 saturated carbocycles. The van der Waals surface area contributed by atoms with Gasteiger partial charge in [0.1, 0.15) is 0 Å². The third-order valence-electron chi connectivity index (χ3n) is 2.36. The summed E-state index contributed by atoms with van der Waals surface area (Å²) in [7, 11) is 1.69. The Balaban J connectivity index is 2.59. The molecule has 1 rings (SSSR count). The molecule has 0 unspecified atom stereocenters. The van der Waals surface area contributed by atoms with Crippen LogP contribution in [0.15, 0.2) is 23.1 Å². The Morgan fingerprint density at radius 1 is 1.50 bits per heavy atom. The zero-order valence-corrected chi connectivity index (χ0v) is 11.7. The lowest BCUT2D eigenvalue weighted by molar-refractivity contribution is 0.0956. The van der Waals surface area contributed by atoms with Crippen molar-refractivity contribution in [2.24, 2.45) is 0 Å². The van der Waals surface area contributed by atoms with Gasteiger partial charge in [-0.3, -0.25) is 4.79 Å². The Morgan fingerprint density at radius 3 is 2.89 bits per heavy atom. The SMILES string of the molecule is CCNC(=O)c1ccc(SCCCOC)c(N)c1. The van der Waals surface area contributed by atoms with Gasteiger partial charge in [-0.2, -0.15) is 0 Å². The third kappa shape index (κ3) is 4.58. The molecular formula is C13H20N2O2S. The van der Waals surface area contributed by atoms with Crippen LogP contribution in [0.2, 0.25) is 0 Å². The number of nitrogens with two attached hydrogens (primary N) is 1. The number of hydrogen-bond acceptors (Lipinski definition) is 4. The summed E-state index contributed by atoms with van der Waals surface area (Å²) in [5.74, 6) is 0.874. The quantitative estimate of drug-likeness (QED) is 0.452. The van der Waals surface area contributed by atoms with Gasteiger partial charge in [-0.15, -0.1) is 11.8 Å². The molecule has 0 bridgehead atoms. The summed E-state index contributed by atoms with van der Waals surface area (Å²) in [5.41, 5.74) is 7.20. The predicted molar refractivity (Wildman–Crippen MR) is 76.1 cm³/mol. The lowest BCUT2D eigenvalue weighted by Gasteiger charge is -2.08. The molecule has 0 aromatic heterocycles. The van der Waals surface area contributed by atoms with E-state index in [-0.39, 0.29) is 5.91 Å². The van der Waals surface area contributed by atoms with E-state index in [2.05, 4.69) is 5.32 Å². The number of nitrogens with one attached hydrogen (secondary N) is 1. The average Bonchev–Trinajstić information content (AvgIpc) is 2.36. The van der Waals surface area contributed by atoms with Crippen LogP contribution >= 0.6 is 11.8 Å². The van der Waals surface area contributed by atoms with Crippen LogP contribution in [0.3, 0.4) is 0 Å². The maximum Gasteiger partial charge on any atom is 0.251 e. The third-order valence-corrected chi connectivity index (χ3v) is 3.54. The van der Waals surface area contributed by atoms with Gasteiger partial charge in [0.05, 0.1) is 0 Å². The van der Waals surface area contributed by atoms with E-state index in [1.54, 1.807) is 31.0 Å². The van der Waals surface area contributed by atoms with Gasteiger partial charge in [0, 0.05) is 42.2 Å². The van der Waals surface area contributed by atoms with Gasteiger partial charge in [-0.1, -0.05) is 0 Å². The van der Waals surface area contributed by atoms with E-state index in [1.165, 1.54) is 0 Å². The number of ether oxygens (including phenoxy) is 1. The summed E-state index contributed by atoms with van der Waals surface area (Å²) >= 11 is 1.68. The van der Waals surface area contributed by atoms with Crippen molar-refractivity contribution < 1.29 is 9.53 Å². The number of benzene rings is 1. The van der Waals surface area contributed by atoms with Crippen molar-refractivity contribution in [1.82, 2.24) is 5.32 Å². The highest BCUT2D eigenvalue weighted by atomic mass is 32.2. The van der Waals surface area contributed by atoms with Crippen molar-refractivity contribution in [2.45, 2.75) is 18.2 Å². The largest absolute Gasteiger partial charge is 0.398 e. The minimum Gasteiger partial charge on any atom is -0.398 e. The molecule has 0 spiro atoms. The number of methoxy groups -OCH3 is 1. The number of hydrogen-bond donors (Lipinski definition) is 2. The number of rotatable bonds is 7. The van der Waals surface area contributed by atoms with Crippen molar-refractivity contribution in [3.05, 3.63) is 23.8 Å². The molecule has 0 fully saturated rings. The zero-order valence-electron chi connectivity index (χ0n) is 10.9. The first kappa shape index (κ1) is 14.9. The van der Waals surface area contributed by atoms with Gasteiger partial charge in [0.2, 0.25) is 0 Å². The summed E-state index contributed by atoms with van der Waals surface area (Å²) in [6, 6.07) is 5.43. The van der Waals surface area contributed by atoms with Crippen LogP contribution in [0.5, 0.6) is 0 Å². The van der Waals surface area contributed by atoms with Gasteiger partial charge in [0.15, 0.2) is 0 Å². The van der Waals surface area contributed by atoms with Crippen molar-refractivity contribution >= 4 is 23.4 Å². The molecule has 4 nitrogen and oxygen atoms in total. The van der Waals surface area contributed by atoms with E-state index in [9.17, 15) is 4.79 Å². The second-order valence-corrected chi connectivity index (χ2v) is 4.94. The van der Waals surface area contributed by atoms with Crippen LogP contribution in [-0.2, 0) is 4.74 Å².